The van der Waals surface area contributed by atoms with Gasteiger partial charge in [0.05, 0.1) is 11.1 Å². The number of benzene rings is 1. The molecule has 1 aliphatic rings. The Labute approximate surface area is 141 Å². The molecule has 0 aliphatic carbocycles. The van der Waals surface area contributed by atoms with E-state index in [1.165, 1.54) is 6.33 Å². The van der Waals surface area contributed by atoms with Gasteiger partial charge in [0, 0.05) is 24.6 Å². The first-order valence-electron chi connectivity index (χ1n) is 8.14. The normalized spacial score (nSPS) is 23.8. The fourth-order valence-electron chi connectivity index (χ4n) is 3.27. The van der Waals surface area contributed by atoms with Crippen LogP contribution in [-0.2, 0) is 4.79 Å². The molecule has 0 saturated carbocycles. The van der Waals surface area contributed by atoms with Crippen molar-refractivity contribution in [1.29, 1.82) is 0 Å². The third kappa shape index (κ3) is 3.01. The third-order valence-corrected chi connectivity index (χ3v) is 4.80. The number of carbonyl (C=O) groups excluding carboxylic acids is 2. The summed E-state index contributed by atoms with van der Waals surface area (Å²) in [6.45, 7) is 4.53. The summed E-state index contributed by atoms with van der Waals surface area (Å²) in [6.07, 6.45) is 6.62. The highest BCUT2D eigenvalue weighted by atomic mass is 16.1. The van der Waals surface area contributed by atoms with Crippen LogP contribution in [0.15, 0.2) is 30.9 Å². The maximum Gasteiger partial charge on any atom is 0.199 e. The van der Waals surface area contributed by atoms with E-state index in [1.807, 2.05) is 31.4 Å². The molecule has 1 aliphatic heterocycles. The van der Waals surface area contributed by atoms with Crippen LogP contribution >= 0.6 is 0 Å². The van der Waals surface area contributed by atoms with Crippen LogP contribution in [0.4, 0.5) is 0 Å². The Kier molecular flexibility index (Phi) is 4.57. The summed E-state index contributed by atoms with van der Waals surface area (Å²) in [5, 5.41) is 7.49. The van der Waals surface area contributed by atoms with Gasteiger partial charge in [0.1, 0.15) is 12.7 Å². The smallest absolute Gasteiger partial charge is 0.199 e. The van der Waals surface area contributed by atoms with E-state index >= 15 is 0 Å². The van der Waals surface area contributed by atoms with Crippen molar-refractivity contribution >= 4 is 12.1 Å². The second-order valence-corrected chi connectivity index (χ2v) is 6.61. The van der Waals surface area contributed by atoms with Gasteiger partial charge in [-0.05, 0) is 38.8 Å². The summed E-state index contributed by atoms with van der Waals surface area (Å²) in [7, 11) is 0. The van der Waals surface area contributed by atoms with E-state index in [1.54, 1.807) is 11.0 Å². The molecule has 0 unspecified atom stereocenters. The fourth-order valence-corrected chi connectivity index (χ4v) is 3.27. The molecule has 1 N–H and O–H groups in total. The zero-order valence-electron chi connectivity index (χ0n) is 14.0. The zero-order chi connectivity index (χ0) is 17.2. The number of carbonyl (C=O) groups is 1. The quantitative estimate of drug-likeness (QED) is 0.851. The third-order valence-electron chi connectivity index (χ3n) is 4.80. The molecule has 1 aromatic heterocycles. The molecular formula is C18H21N4O2. The Balaban J connectivity index is 2.05. The van der Waals surface area contributed by atoms with Gasteiger partial charge in [-0.1, -0.05) is 11.6 Å². The van der Waals surface area contributed by atoms with Crippen LogP contribution in [0.3, 0.4) is 0 Å². The molecule has 2 atom stereocenters. The number of aryl methyl sites for hydroxylation is 1. The summed E-state index contributed by atoms with van der Waals surface area (Å²) in [4.78, 5) is 28.5. The number of piperidine rings is 1. The highest BCUT2D eigenvalue weighted by molar-refractivity contribution is 6.04. The summed E-state index contributed by atoms with van der Waals surface area (Å²) in [6, 6.07) is 6.02. The molecule has 1 aromatic carbocycles. The number of rotatable bonds is 5. The summed E-state index contributed by atoms with van der Waals surface area (Å²) >= 11 is 0. The Bertz CT molecular complexity index is 731. The van der Waals surface area contributed by atoms with E-state index in [9.17, 15) is 9.59 Å². The monoisotopic (exact) mass is 325 g/mol. The predicted octanol–water partition coefficient (Wildman–Crippen LogP) is 2.02. The van der Waals surface area contributed by atoms with Gasteiger partial charge in [-0.2, -0.15) is 5.10 Å². The van der Waals surface area contributed by atoms with E-state index in [-0.39, 0.29) is 12.2 Å². The minimum Gasteiger partial charge on any atom is -0.313 e. The van der Waals surface area contributed by atoms with E-state index in [2.05, 4.69) is 22.3 Å². The molecule has 2 heterocycles. The molecule has 2 aromatic rings. The van der Waals surface area contributed by atoms with Crippen molar-refractivity contribution < 1.29 is 9.59 Å². The van der Waals surface area contributed by atoms with Gasteiger partial charge in [-0.15, -0.1) is 0 Å². The topological polar surface area (TPSA) is 76.9 Å². The van der Waals surface area contributed by atoms with Crippen LogP contribution in [0, 0.1) is 12.3 Å². The van der Waals surface area contributed by atoms with Gasteiger partial charge in [-0.25, -0.2) is 9.67 Å². The van der Waals surface area contributed by atoms with Crippen LogP contribution in [0.25, 0.3) is 5.69 Å². The van der Waals surface area contributed by atoms with Gasteiger partial charge in [0.15, 0.2) is 12.1 Å². The second-order valence-electron chi connectivity index (χ2n) is 6.61. The van der Waals surface area contributed by atoms with Gasteiger partial charge in [-0.3, -0.25) is 9.59 Å². The highest BCUT2D eigenvalue weighted by Gasteiger charge is 2.42. The maximum absolute atomic E-state index is 13.4. The Morgan fingerprint density at radius 3 is 2.96 bits per heavy atom. The lowest BCUT2D eigenvalue weighted by molar-refractivity contribution is 0.0729. The SMILES string of the molecule is Cc1ccc(-n2cncn2)c(C(=O)[C@]2(C[C]=O)CC[C@H](C)NC2)c1. The van der Waals surface area contributed by atoms with Crippen LogP contribution in [0.5, 0.6) is 0 Å². The average Bonchev–Trinajstić information content (AvgIpc) is 3.11. The molecule has 6 nitrogen and oxygen atoms in total. The maximum atomic E-state index is 13.4. The Morgan fingerprint density at radius 2 is 2.33 bits per heavy atom. The molecule has 1 fully saturated rings. The molecule has 3 rings (SSSR count). The second kappa shape index (κ2) is 6.65. The van der Waals surface area contributed by atoms with Crippen molar-refractivity contribution in [3.63, 3.8) is 0 Å². The molecule has 6 heteroatoms. The molecule has 1 radical (unpaired) electrons. The Morgan fingerprint density at radius 1 is 1.50 bits per heavy atom. The molecule has 0 bridgehead atoms. The van der Waals surface area contributed by atoms with E-state index in [0.29, 0.717) is 30.3 Å². The highest BCUT2D eigenvalue weighted by Crippen LogP contribution is 2.36. The fraction of sp³-hybridized carbons (Fsp3) is 0.444. The van der Waals surface area contributed by atoms with Crippen molar-refractivity contribution in [1.82, 2.24) is 20.1 Å². The van der Waals surface area contributed by atoms with Crippen LogP contribution in [0.2, 0.25) is 0 Å². The summed E-state index contributed by atoms with van der Waals surface area (Å²) < 4.78 is 1.59. The largest absolute Gasteiger partial charge is 0.313 e. The first-order chi connectivity index (χ1) is 11.6. The first kappa shape index (κ1) is 16.5. The number of hydrogen-bond donors (Lipinski definition) is 1. The van der Waals surface area contributed by atoms with Crippen LogP contribution in [-0.4, -0.2) is 39.4 Å². The number of Topliss-reactive ketones (excluding diaryl/α,β-unsaturated/α-hetero) is 1. The molecule has 24 heavy (non-hydrogen) atoms. The number of nitrogens with one attached hydrogen (secondary N) is 1. The van der Waals surface area contributed by atoms with Crippen molar-refractivity contribution in [3.05, 3.63) is 42.0 Å². The van der Waals surface area contributed by atoms with Crippen molar-refractivity contribution in [2.45, 2.75) is 39.2 Å². The van der Waals surface area contributed by atoms with E-state index < -0.39 is 5.41 Å². The molecule has 1 saturated heterocycles. The van der Waals surface area contributed by atoms with E-state index in [4.69, 9.17) is 0 Å². The lowest BCUT2D eigenvalue weighted by Gasteiger charge is -2.38. The number of ketones is 1. The van der Waals surface area contributed by atoms with Gasteiger partial charge in [0.2, 0.25) is 0 Å². The first-order valence-corrected chi connectivity index (χ1v) is 8.14. The zero-order valence-corrected chi connectivity index (χ0v) is 14.0. The minimum absolute atomic E-state index is 0.0283. The number of hydrogen-bond acceptors (Lipinski definition) is 5. The molecular weight excluding hydrogens is 304 g/mol. The summed E-state index contributed by atoms with van der Waals surface area (Å²) in [5.41, 5.74) is 1.51. The van der Waals surface area contributed by atoms with Crippen LogP contribution < -0.4 is 5.32 Å². The van der Waals surface area contributed by atoms with E-state index in [0.717, 1.165) is 12.0 Å². The lowest BCUT2D eigenvalue weighted by Crippen LogP contribution is -2.49. The van der Waals surface area contributed by atoms with Crippen molar-refractivity contribution in [2.24, 2.45) is 5.41 Å². The standard InChI is InChI=1S/C18H21N4O2/c1-13-3-4-16(22-12-19-11-21-22)15(9-13)17(24)18(7-8-23)6-5-14(2)20-10-18/h3-4,9,11-12,14,20H,5-7,10H2,1-2H3/t14-,18-/m0/s1. The summed E-state index contributed by atoms with van der Waals surface area (Å²) in [5.74, 6) is -0.0283. The number of aromatic nitrogens is 3. The lowest BCUT2D eigenvalue weighted by atomic mass is 9.71. The predicted molar refractivity (Wildman–Crippen MR) is 89.9 cm³/mol. The van der Waals surface area contributed by atoms with Crippen LogP contribution in [0.1, 0.15) is 42.1 Å². The van der Waals surface area contributed by atoms with Gasteiger partial charge in [0.25, 0.3) is 0 Å². The average molecular weight is 325 g/mol. The molecule has 0 spiro atoms. The van der Waals surface area contributed by atoms with Crippen molar-refractivity contribution in [2.75, 3.05) is 6.54 Å². The van der Waals surface area contributed by atoms with Gasteiger partial charge < -0.3 is 5.32 Å². The molecule has 0 amide bonds. The van der Waals surface area contributed by atoms with Gasteiger partial charge >= 0.3 is 0 Å². The molecule has 125 valence electrons. The number of nitrogens with zero attached hydrogens (tertiary/aromatic N) is 3. The van der Waals surface area contributed by atoms with Crippen molar-refractivity contribution in [3.8, 4) is 5.69 Å². The minimum atomic E-state index is -0.739. The Hall–Kier alpha value is -2.34.